The van der Waals surface area contributed by atoms with Crippen molar-refractivity contribution in [3.63, 3.8) is 0 Å². The molecule has 1 unspecified atom stereocenters. The lowest BCUT2D eigenvalue weighted by Crippen LogP contribution is -2.18. The molecule has 1 aromatic rings. The maximum Gasteiger partial charge on any atom is 0.122 e. The van der Waals surface area contributed by atoms with Crippen LogP contribution in [0.25, 0.3) is 0 Å². The Morgan fingerprint density at radius 3 is 2.56 bits per heavy atom. The third-order valence-electron chi connectivity index (χ3n) is 3.07. The van der Waals surface area contributed by atoms with Crippen LogP contribution in [0.4, 0.5) is 0 Å². The van der Waals surface area contributed by atoms with E-state index in [2.05, 4.69) is 6.92 Å². The van der Waals surface area contributed by atoms with Crippen LogP contribution < -0.4 is 10.5 Å². The molecular formula is C15H25NO2. The van der Waals surface area contributed by atoms with Gasteiger partial charge in [0.05, 0.1) is 7.11 Å². The molecule has 0 aliphatic heterocycles. The molecule has 0 aliphatic rings. The number of methoxy groups -OCH3 is 1. The Balaban J connectivity index is 2.88. The molecule has 1 atom stereocenters. The van der Waals surface area contributed by atoms with Crippen molar-refractivity contribution in [3.05, 3.63) is 23.3 Å². The first-order valence-corrected chi connectivity index (χ1v) is 6.72. The van der Waals surface area contributed by atoms with E-state index in [0.717, 1.165) is 29.7 Å². The zero-order valence-electron chi connectivity index (χ0n) is 11.7. The van der Waals surface area contributed by atoms with Gasteiger partial charge in [0.2, 0.25) is 0 Å². The normalized spacial score (nSPS) is 12.4. The second-order valence-corrected chi connectivity index (χ2v) is 4.93. The van der Waals surface area contributed by atoms with Crippen LogP contribution in [0.3, 0.4) is 0 Å². The van der Waals surface area contributed by atoms with Crippen LogP contribution in [0, 0.1) is 0 Å². The summed E-state index contributed by atoms with van der Waals surface area (Å²) in [7, 11) is 1.67. The highest BCUT2D eigenvalue weighted by atomic mass is 16.5. The van der Waals surface area contributed by atoms with Gasteiger partial charge in [-0.3, -0.25) is 0 Å². The monoisotopic (exact) mass is 251 g/mol. The Kier molecular flexibility index (Phi) is 5.99. The summed E-state index contributed by atoms with van der Waals surface area (Å²) in [6, 6.07) is 3.78. The second kappa shape index (κ2) is 7.27. The highest BCUT2D eigenvalue weighted by Gasteiger charge is 2.11. The summed E-state index contributed by atoms with van der Waals surface area (Å²) in [6.07, 6.45) is 5.13. The number of hydrogen-bond acceptors (Lipinski definition) is 3. The number of nitrogens with two attached hydrogens (primary N) is 1. The van der Waals surface area contributed by atoms with E-state index in [1.165, 1.54) is 12.8 Å². The maximum absolute atomic E-state index is 10.0. The third-order valence-corrected chi connectivity index (χ3v) is 3.07. The summed E-state index contributed by atoms with van der Waals surface area (Å²) in [5.41, 5.74) is 7.71. The minimum atomic E-state index is 0.0338. The lowest BCUT2D eigenvalue weighted by molar-refractivity contribution is 0.404. The Morgan fingerprint density at radius 2 is 2.00 bits per heavy atom. The summed E-state index contributed by atoms with van der Waals surface area (Å²) in [6.45, 7) is 4.11. The molecule has 0 amide bonds. The summed E-state index contributed by atoms with van der Waals surface area (Å²) in [5.74, 6) is 1.19. The molecule has 18 heavy (non-hydrogen) atoms. The van der Waals surface area contributed by atoms with Gasteiger partial charge in [0.1, 0.15) is 11.5 Å². The molecule has 0 aromatic heterocycles. The molecule has 0 heterocycles. The predicted octanol–water partition coefficient (Wildman–Crippen LogP) is 3.02. The smallest absolute Gasteiger partial charge is 0.122 e. The number of unbranched alkanes of at least 4 members (excludes halogenated alkanes) is 2. The van der Waals surface area contributed by atoms with E-state index in [1.54, 1.807) is 7.11 Å². The van der Waals surface area contributed by atoms with Gasteiger partial charge in [0.15, 0.2) is 0 Å². The van der Waals surface area contributed by atoms with Gasteiger partial charge in [-0.25, -0.2) is 0 Å². The van der Waals surface area contributed by atoms with Crippen LogP contribution in [0.15, 0.2) is 12.1 Å². The summed E-state index contributed by atoms with van der Waals surface area (Å²) >= 11 is 0. The van der Waals surface area contributed by atoms with Crippen molar-refractivity contribution in [1.29, 1.82) is 0 Å². The molecule has 102 valence electrons. The highest BCUT2D eigenvalue weighted by Crippen LogP contribution is 2.30. The van der Waals surface area contributed by atoms with Crippen molar-refractivity contribution in [3.8, 4) is 11.5 Å². The van der Waals surface area contributed by atoms with Gasteiger partial charge in [0.25, 0.3) is 0 Å². The molecule has 3 nitrogen and oxygen atoms in total. The molecule has 0 bridgehead atoms. The average molecular weight is 251 g/mol. The average Bonchev–Trinajstić information content (AvgIpc) is 2.32. The van der Waals surface area contributed by atoms with E-state index in [-0.39, 0.29) is 6.04 Å². The van der Waals surface area contributed by atoms with Crippen LogP contribution >= 0.6 is 0 Å². The molecule has 1 rings (SSSR count). The third kappa shape index (κ3) is 4.22. The van der Waals surface area contributed by atoms with Crippen molar-refractivity contribution in [2.45, 2.75) is 52.0 Å². The first kappa shape index (κ1) is 14.8. The zero-order valence-corrected chi connectivity index (χ0v) is 11.7. The van der Waals surface area contributed by atoms with Gasteiger partial charge in [-0.2, -0.15) is 0 Å². The van der Waals surface area contributed by atoms with E-state index in [1.807, 2.05) is 19.1 Å². The Morgan fingerprint density at radius 1 is 1.28 bits per heavy atom. The number of rotatable bonds is 7. The van der Waals surface area contributed by atoms with Gasteiger partial charge in [0, 0.05) is 6.04 Å². The lowest BCUT2D eigenvalue weighted by atomic mass is 10.00. The van der Waals surface area contributed by atoms with Gasteiger partial charge in [-0.15, -0.1) is 0 Å². The summed E-state index contributed by atoms with van der Waals surface area (Å²) in [5, 5.41) is 10.0. The Labute approximate surface area is 110 Å². The van der Waals surface area contributed by atoms with Gasteiger partial charge in [-0.05, 0) is 49.4 Å². The minimum Gasteiger partial charge on any atom is -0.508 e. The number of ether oxygens (including phenoxy) is 1. The molecule has 0 saturated carbocycles. The SMILES string of the molecule is CCCCCc1cc(O)c(CC(C)N)cc1OC. The fourth-order valence-electron chi connectivity index (χ4n) is 2.11. The molecule has 3 heteroatoms. The fourth-order valence-corrected chi connectivity index (χ4v) is 2.11. The van der Waals surface area contributed by atoms with Crippen LogP contribution in [-0.4, -0.2) is 18.3 Å². The van der Waals surface area contributed by atoms with Gasteiger partial charge < -0.3 is 15.6 Å². The van der Waals surface area contributed by atoms with E-state index in [9.17, 15) is 5.11 Å². The van der Waals surface area contributed by atoms with Crippen molar-refractivity contribution in [2.24, 2.45) is 5.73 Å². The zero-order chi connectivity index (χ0) is 13.5. The maximum atomic E-state index is 10.0. The molecule has 0 radical (unpaired) electrons. The predicted molar refractivity (Wildman–Crippen MR) is 75.2 cm³/mol. The van der Waals surface area contributed by atoms with Gasteiger partial charge >= 0.3 is 0 Å². The standard InChI is InChI=1S/C15H25NO2/c1-4-5-6-7-12-9-14(17)13(8-11(2)16)10-15(12)18-3/h9-11,17H,4-8,16H2,1-3H3. The summed E-state index contributed by atoms with van der Waals surface area (Å²) < 4.78 is 5.40. The number of hydrogen-bond donors (Lipinski definition) is 2. The first-order chi connectivity index (χ1) is 8.58. The molecule has 0 aliphatic carbocycles. The fraction of sp³-hybridized carbons (Fsp3) is 0.600. The first-order valence-electron chi connectivity index (χ1n) is 6.72. The molecule has 0 saturated heterocycles. The van der Waals surface area contributed by atoms with E-state index in [4.69, 9.17) is 10.5 Å². The molecule has 1 aromatic carbocycles. The molecule has 0 fully saturated rings. The van der Waals surface area contributed by atoms with Crippen LogP contribution in [0.2, 0.25) is 0 Å². The van der Waals surface area contributed by atoms with E-state index < -0.39 is 0 Å². The number of aryl methyl sites for hydroxylation is 1. The number of benzene rings is 1. The Bertz CT molecular complexity index is 375. The second-order valence-electron chi connectivity index (χ2n) is 4.93. The van der Waals surface area contributed by atoms with E-state index >= 15 is 0 Å². The lowest BCUT2D eigenvalue weighted by Gasteiger charge is -2.14. The van der Waals surface area contributed by atoms with Crippen molar-refractivity contribution >= 4 is 0 Å². The number of phenols is 1. The topological polar surface area (TPSA) is 55.5 Å². The minimum absolute atomic E-state index is 0.0338. The molecule has 3 N–H and O–H groups in total. The quantitative estimate of drug-likeness (QED) is 0.732. The highest BCUT2D eigenvalue weighted by molar-refractivity contribution is 5.46. The van der Waals surface area contributed by atoms with Crippen LogP contribution in [-0.2, 0) is 12.8 Å². The van der Waals surface area contributed by atoms with E-state index in [0.29, 0.717) is 12.2 Å². The van der Waals surface area contributed by atoms with Crippen molar-refractivity contribution < 1.29 is 9.84 Å². The van der Waals surface area contributed by atoms with Gasteiger partial charge in [-0.1, -0.05) is 19.8 Å². The van der Waals surface area contributed by atoms with Crippen molar-refractivity contribution in [2.75, 3.05) is 7.11 Å². The van der Waals surface area contributed by atoms with Crippen LogP contribution in [0.5, 0.6) is 11.5 Å². The van der Waals surface area contributed by atoms with Crippen molar-refractivity contribution in [1.82, 2.24) is 0 Å². The molecular weight excluding hydrogens is 226 g/mol. The Hall–Kier alpha value is -1.22. The summed E-state index contributed by atoms with van der Waals surface area (Å²) in [4.78, 5) is 0. The number of phenolic OH excluding ortho intramolecular Hbond substituents is 1. The largest absolute Gasteiger partial charge is 0.508 e. The molecule has 0 spiro atoms. The van der Waals surface area contributed by atoms with Crippen LogP contribution in [0.1, 0.15) is 44.2 Å². The number of aromatic hydroxyl groups is 1.